The van der Waals surface area contributed by atoms with Gasteiger partial charge < -0.3 is 5.32 Å². The second-order valence-corrected chi connectivity index (χ2v) is 7.55. The number of hydrogen-bond donors (Lipinski definition) is 1. The van der Waals surface area contributed by atoms with Gasteiger partial charge >= 0.3 is 0 Å². The van der Waals surface area contributed by atoms with Crippen molar-refractivity contribution in [3.63, 3.8) is 0 Å². The summed E-state index contributed by atoms with van der Waals surface area (Å²) in [6, 6.07) is 3.97. The monoisotopic (exact) mass is 366 g/mol. The zero-order valence-electron chi connectivity index (χ0n) is 14.4. The number of nitrogens with one attached hydrogen (secondary N) is 1. The Morgan fingerprint density at radius 1 is 1.31 bits per heavy atom. The van der Waals surface area contributed by atoms with E-state index in [2.05, 4.69) is 26.5 Å². The number of thiophene rings is 1. The smallest absolute Gasteiger partial charge is 0.275 e. The molecule has 0 bridgehead atoms. The van der Waals surface area contributed by atoms with Crippen LogP contribution in [0.4, 0.5) is 5.00 Å². The number of nitrogens with zero attached hydrogens (tertiary/aromatic N) is 5. The van der Waals surface area contributed by atoms with Gasteiger partial charge in [0.15, 0.2) is 0 Å². The first-order chi connectivity index (χ1) is 12.7. The molecule has 1 aliphatic carbocycles. The van der Waals surface area contributed by atoms with Crippen molar-refractivity contribution in [2.24, 2.45) is 0 Å². The van der Waals surface area contributed by atoms with E-state index in [1.807, 2.05) is 6.92 Å². The van der Waals surface area contributed by atoms with Crippen LogP contribution in [-0.4, -0.2) is 25.5 Å². The van der Waals surface area contributed by atoms with Crippen LogP contribution >= 0.6 is 11.3 Å². The molecule has 0 aromatic carbocycles. The minimum Gasteiger partial charge on any atom is -0.311 e. The molecule has 0 saturated heterocycles. The standard InChI is InChI=1S/C18H18N6OS/c1-11-8-14(24-18(22-11)20-10-21-24)16(25)23-17-13(9-19)12-6-4-2-3-5-7-15(12)26-17/h8,10H,2-7H2,1H3,(H,23,25). The van der Waals surface area contributed by atoms with Crippen molar-refractivity contribution < 1.29 is 4.79 Å². The van der Waals surface area contributed by atoms with Crippen LogP contribution in [0.1, 0.15) is 57.9 Å². The minimum atomic E-state index is -0.309. The number of hydrogen-bond acceptors (Lipinski definition) is 6. The summed E-state index contributed by atoms with van der Waals surface area (Å²) in [5.41, 5.74) is 2.77. The number of nitriles is 1. The molecule has 3 aromatic rings. The zero-order valence-corrected chi connectivity index (χ0v) is 15.3. The van der Waals surface area contributed by atoms with Crippen molar-refractivity contribution in [3.8, 4) is 6.07 Å². The third-order valence-corrected chi connectivity index (χ3v) is 5.83. The molecule has 0 fully saturated rings. The summed E-state index contributed by atoms with van der Waals surface area (Å²) < 4.78 is 1.41. The van der Waals surface area contributed by atoms with Gasteiger partial charge in [-0.3, -0.25) is 4.79 Å². The molecule has 1 amide bonds. The van der Waals surface area contributed by atoms with Crippen molar-refractivity contribution in [2.75, 3.05) is 5.32 Å². The van der Waals surface area contributed by atoms with Gasteiger partial charge in [-0.1, -0.05) is 12.8 Å². The second-order valence-electron chi connectivity index (χ2n) is 6.44. The van der Waals surface area contributed by atoms with E-state index >= 15 is 0 Å². The van der Waals surface area contributed by atoms with Crippen LogP contribution in [0, 0.1) is 18.3 Å². The van der Waals surface area contributed by atoms with E-state index in [9.17, 15) is 10.1 Å². The highest BCUT2D eigenvalue weighted by Crippen LogP contribution is 2.36. The van der Waals surface area contributed by atoms with Gasteiger partial charge in [0.25, 0.3) is 11.7 Å². The maximum atomic E-state index is 12.9. The largest absolute Gasteiger partial charge is 0.311 e. The van der Waals surface area contributed by atoms with Crippen LogP contribution in [0.15, 0.2) is 12.4 Å². The lowest BCUT2D eigenvalue weighted by molar-refractivity contribution is 0.102. The highest BCUT2D eigenvalue weighted by molar-refractivity contribution is 7.16. The molecule has 0 atom stereocenters. The average Bonchev–Trinajstić information content (AvgIpc) is 3.18. The van der Waals surface area contributed by atoms with Gasteiger partial charge in [-0.05, 0) is 44.2 Å². The first kappa shape index (κ1) is 16.7. The highest BCUT2D eigenvalue weighted by atomic mass is 32.1. The molecule has 8 heteroatoms. The predicted molar refractivity (Wildman–Crippen MR) is 98.4 cm³/mol. The maximum absolute atomic E-state index is 12.9. The Hall–Kier alpha value is -2.79. The number of rotatable bonds is 2. The molecule has 0 spiro atoms. The molecule has 1 aliphatic rings. The second kappa shape index (κ2) is 6.84. The van der Waals surface area contributed by atoms with Gasteiger partial charge in [0, 0.05) is 10.6 Å². The Morgan fingerprint density at radius 3 is 2.92 bits per heavy atom. The van der Waals surface area contributed by atoms with Crippen LogP contribution in [-0.2, 0) is 12.8 Å². The van der Waals surface area contributed by atoms with Crippen molar-refractivity contribution in [1.29, 1.82) is 5.26 Å². The molecule has 26 heavy (non-hydrogen) atoms. The first-order valence-electron chi connectivity index (χ1n) is 8.70. The van der Waals surface area contributed by atoms with Gasteiger partial charge in [-0.2, -0.15) is 19.9 Å². The summed E-state index contributed by atoms with van der Waals surface area (Å²) in [6.45, 7) is 1.81. The highest BCUT2D eigenvalue weighted by Gasteiger charge is 2.22. The SMILES string of the molecule is Cc1cc(C(=O)Nc2sc3c(c2C#N)CCCCCC3)n2ncnc2n1. The fourth-order valence-electron chi connectivity index (χ4n) is 3.39. The van der Waals surface area contributed by atoms with Gasteiger partial charge in [0.1, 0.15) is 23.1 Å². The lowest BCUT2D eigenvalue weighted by atomic mass is 9.97. The number of amides is 1. The average molecular weight is 366 g/mol. The molecule has 4 rings (SSSR count). The third kappa shape index (κ3) is 2.95. The van der Waals surface area contributed by atoms with E-state index < -0.39 is 0 Å². The van der Waals surface area contributed by atoms with Crippen LogP contribution in [0.25, 0.3) is 5.78 Å². The van der Waals surface area contributed by atoms with Crippen molar-refractivity contribution >= 4 is 28.0 Å². The van der Waals surface area contributed by atoms with Gasteiger partial charge in [-0.25, -0.2) is 4.98 Å². The molecule has 0 saturated carbocycles. The Bertz CT molecular complexity index is 1030. The third-order valence-electron chi connectivity index (χ3n) is 4.62. The van der Waals surface area contributed by atoms with E-state index in [1.54, 1.807) is 6.07 Å². The number of fused-ring (bicyclic) bond motifs is 2. The Kier molecular flexibility index (Phi) is 4.39. The lowest BCUT2D eigenvalue weighted by Crippen LogP contribution is -2.17. The minimum absolute atomic E-state index is 0.309. The van der Waals surface area contributed by atoms with Gasteiger partial charge in [-0.15, -0.1) is 11.3 Å². The van der Waals surface area contributed by atoms with Crippen molar-refractivity contribution in [3.05, 3.63) is 39.8 Å². The van der Waals surface area contributed by atoms with Crippen LogP contribution < -0.4 is 5.32 Å². The van der Waals surface area contributed by atoms with E-state index in [-0.39, 0.29) is 5.91 Å². The first-order valence-corrected chi connectivity index (χ1v) is 9.52. The molecule has 0 radical (unpaired) electrons. The number of aryl methyl sites for hydroxylation is 2. The number of anilines is 1. The topological polar surface area (TPSA) is 96.0 Å². The Labute approximate surface area is 154 Å². The molecule has 3 heterocycles. The number of aromatic nitrogens is 4. The summed E-state index contributed by atoms with van der Waals surface area (Å²) in [6.07, 6.45) is 7.91. The fraction of sp³-hybridized carbons (Fsp3) is 0.389. The molecule has 132 valence electrons. The van der Waals surface area contributed by atoms with Gasteiger partial charge in [0.2, 0.25) is 0 Å². The van der Waals surface area contributed by atoms with E-state index in [0.29, 0.717) is 27.7 Å². The molecular formula is C18H18N6OS. The van der Waals surface area contributed by atoms with E-state index in [4.69, 9.17) is 0 Å². The molecule has 0 unspecified atom stereocenters. The summed E-state index contributed by atoms with van der Waals surface area (Å²) in [4.78, 5) is 22.4. The van der Waals surface area contributed by atoms with Gasteiger partial charge in [0.05, 0.1) is 5.56 Å². The van der Waals surface area contributed by atoms with E-state index in [1.165, 1.54) is 39.9 Å². The van der Waals surface area contributed by atoms with Crippen LogP contribution in [0.5, 0.6) is 0 Å². The molecule has 3 aromatic heterocycles. The Balaban J connectivity index is 1.70. The maximum Gasteiger partial charge on any atom is 0.275 e. The summed E-state index contributed by atoms with van der Waals surface area (Å²) in [5, 5.41) is 17.3. The van der Waals surface area contributed by atoms with Crippen molar-refractivity contribution in [1.82, 2.24) is 19.6 Å². The Morgan fingerprint density at radius 2 is 2.12 bits per heavy atom. The number of carbonyl (C=O) groups is 1. The number of carbonyl (C=O) groups excluding carboxylic acids is 1. The summed E-state index contributed by atoms with van der Waals surface area (Å²) in [7, 11) is 0. The molecule has 1 N–H and O–H groups in total. The van der Waals surface area contributed by atoms with Crippen molar-refractivity contribution in [2.45, 2.75) is 45.4 Å². The lowest BCUT2D eigenvalue weighted by Gasteiger charge is -2.08. The zero-order chi connectivity index (χ0) is 18.1. The van der Waals surface area contributed by atoms with Crippen LogP contribution in [0.3, 0.4) is 0 Å². The molecule has 7 nitrogen and oxygen atoms in total. The quantitative estimate of drug-likeness (QED) is 0.751. The molecular weight excluding hydrogens is 348 g/mol. The predicted octanol–water partition coefficient (Wildman–Crippen LogP) is 3.28. The van der Waals surface area contributed by atoms with Crippen LogP contribution in [0.2, 0.25) is 0 Å². The normalized spacial score (nSPS) is 14.3. The van der Waals surface area contributed by atoms with E-state index in [0.717, 1.165) is 31.2 Å². The summed E-state index contributed by atoms with van der Waals surface area (Å²) in [5.74, 6) is 0.0748. The molecule has 0 aliphatic heterocycles. The summed E-state index contributed by atoms with van der Waals surface area (Å²) >= 11 is 1.53. The fourth-order valence-corrected chi connectivity index (χ4v) is 4.62.